The average Bonchev–Trinajstić information content (AvgIpc) is 2.77. The maximum atomic E-state index is 13.7. The predicted molar refractivity (Wildman–Crippen MR) is 69.8 cm³/mol. The third-order valence-electron chi connectivity index (χ3n) is 1.76. The highest BCUT2D eigenvalue weighted by molar-refractivity contribution is 14.1. The molecular weight excluding hydrogens is 382 g/mol. The normalized spacial score (nSPS) is 10.3. The Morgan fingerprint density at radius 3 is 2.94 bits per heavy atom. The van der Waals surface area contributed by atoms with Gasteiger partial charge in [0.05, 0.1) is 11.8 Å². The Hall–Kier alpha value is -0.870. The molecule has 1 amide bonds. The first-order valence-corrected chi connectivity index (χ1v) is 6.41. The number of nitrogens with one attached hydrogen (secondary N) is 1. The molecule has 2 aromatic heterocycles. The summed E-state index contributed by atoms with van der Waals surface area (Å²) in [5, 5.41) is 6.12. The van der Waals surface area contributed by atoms with Gasteiger partial charge in [-0.2, -0.15) is 0 Å². The van der Waals surface area contributed by atoms with E-state index in [1.165, 1.54) is 12.4 Å². The van der Waals surface area contributed by atoms with E-state index in [1.54, 1.807) is 0 Å². The number of carbonyl (C=O) groups is 1. The maximum absolute atomic E-state index is 13.7. The van der Waals surface area contributed by atoms with Gasteiger partial charge in [-0.25, -0.2) is 9.37 Å². The van der Waals surface area contributed by atoms with Crippen LogP contribution < -0.4 is 5.32 Å². The van der Waals surface area contributed by atoms with Crippen LogP contribution in [0.2, 0.25) is 5.15 Å². The minimum atomic E-state index is -0.839. The second-order valence-corrected chi connectivity index (χ2v) is 5.13. The van der Waals surface area contributed by atoms with Gasteiger partial charge in [-0.15, -0.1) is 5.10 Å². The van der Waals surface area contributed by atoms with E-state index in [9.17, 15) is 9.18 Å². The van der Waals surface area contributed by atoms with Crippen molar-refractivity contribution in [2.45, 2.75) is 0 Å². The fourth-order valence-corrected chi connectivity index (χ4v) is 2.23. The van der Waals surface area contributed by atoms with Gasteiger partial charge >= 0.3 is 0 Å². The number of carbonyl (C=O) groups excluding carboxylic acids is 1. The monoisotopic (exact) mass is 384 g/mol. The van der Waals surface area contributed by atoms with Gasteiger partial charge in [0.15, 0.2) is 11.0 Å². The van der Waals surface area contributed by atoms with E-state index in [2.05, 4.69) is 19.9 Å². The number of hydrogen-bond acceptors (Lipinski definition) is 5. The lowest BCUT2D eigenvalue weighted by molar-refractivity contribution is 0.102. The fourth-order valence-electron chi connectivity index (χ4n) is 1.05. The van der Waals surface area contributed by atoms with Crippen molar-refractivity contribution in [2.75, 3.05) is 5.32 Å². The van der Waals surface area contributed by atoms with Crippen LogP contribution in [0.1, 0.15) is 10.4 Å². The quantitative estimate of drug-likeness (QED) is 0.638. The molecule has 0 atom stereocenters. The number of rotatable bonds is 2. The summed E-state index contributed by atoms with van der Waals surface area (Å²) in [6, 6.07) is 0. The first-order valence-electron chi connectivity index (χ1n) is 4.18. The summed E-state index contributed by atoms with van der Waals surface area (Å²) in [4.78, 5) is 15.4. The summed E-state index contributed by atoms with van der Waals surface area (Å²) < 4.78 is 17.6. The Kier molecular flexibility index (Phi) is 3.84. The molecule has 2 heterocycles. The zero-order valence-corrected chi connectivity index (χ0v) is 11.7. The third kappa shape index (κ3) is 2.69. The van der Waals surface area contributed by atoms with Crippen molar-refractivity contribution < 1.29 is 9.18 Å². The van der Waals surface area contributed by atoms with Crippen LogP contribution in [0.25, 0.3) is 0 Å². The van der Waals surface area contributed by atoms with Gasteiger partial charge in [-0.1, -0.05) is 16.1 Å². The average molecular weight is 385 g/mol. The van der Waals surface area contributed by atoms with Crippen molar-refractivity contribution in [3.05, 3.63) is 32.5 Å². The van der Waals surface area contributed by atoms with Gasteiger partial charge in [0, 0.05) is 21.3 Å². The molecule has 0 fully saturated rings. The van der Waals surface area contributed by atoms with Crippen molar-refractivity contribution in [1.82, 2.24) is 14.6 Å². The smallest absolute Gasteiger partial charge is 0.260 e. The van der Waals surface area contributed by atoms with E-state index >= 15 is 0 Å². The first-order chi connectivity index (χ1) is 8.09. The Balaban J connectivity index is 2.34. The first kappa shape index (κ1) is 12.6. The summed E-state index contributed by atoms with van der Waals surface area (Å²) in [5.41, 5.74) is -0.140. The molecule has 0 saturated carbocycles. The zero-order chi connectivity index (χ0) is 12.4. The third-order valence-corrected chi connectivity index (χ3v) is 3.42. The molecular formula is C8H3ClFIN4OS. The zero-order valence-electron chi connectivity index (χ0n) is 7.95. The van der Waals surface area contributed by atoms with Gasteiger partial charge in [-0.05, 0) is 22.6 Å². The molecule has 17 heavy (non-hydrogen) atoms. The van der Waals surface area contributed by atoms with Gasteiger partial charge in [0.25, 0.3) is 5.91 Å². The Morgan fingerprint density at radius 1 is 1.53 bits per heavy atom. The van der Waals surface area contributed by atoms with Crippen LogP contribution in [-0.2, 0) is 0 Å². The van der Waals surface area contributed by atoms with Crippen molar-refractivity contribution in [1.29, 1.82) is 0 Å². The number of amides is 1. The van der Waals surface area contributed by atoms with Crippen molar-refractivity contribution in [3.8, 4) is 0 Å². The van der Waals surface area contributed by atoms with Gasteiger partial charge < -0.3 is 5.32 Å². The number of pyridine rings is 1. The summed E-state index contributed by atoms with van der Waals surface area (Å²) in [6.07, 6.45) is 2.70. The summed E-state index contributed by atoms with van der Waals surface area (Å²) in [6.45, 7) is 0. The van der Waals surface area contributed by atoms with Crippen LogP contribution in [0.4, 0.5) is 9.39 Å². The summed E-state index contributed by atoms with van der Waals surface area (Å²) >= 11 is 8.32. The minimum absolute atomic E-state index is 0.140. The molecule has 88 valence electrons. The standard InChI is InChI=1S/C8H3ClFIN4OS/c9-7-6(10)5(3(11)1-12-7)8(16)14-4-2-13-15-17-4/h1-2H,(H,14,16). The molecule has 0 aromatic carbocycles. The van der Waals surface area contributed by atoms with E-state index in [0.29, 0.717) is 8.57 Å². The highest BCUT2D eigenvalue weighted by Crippen LogP contribution is 2.22. The van der Waals surface area contributed by atoms with E-state index < -0.39 is 11.7 Å². The molecule has 0 bridgehead atoms. The highest BCUT2D eigenvalue weighted by Gasteiger charge is 2.19. The molecule has 0 unspecified atom stereocenters. The maximum Gasteiger partial charge on any atom is 0.260 e. The number of anilines is 1. The molecule has 0 saturated heterocycles. The van der Waals surface area contributed by atoms with E-state index in [4.69, 9.17) is 11.6 Å². The molecule has 0 spiro atoms. The largest absolute Gasteiger partial charge is 0.311 e. The lowest BCUT2D eigenvalue weighted by Gasteiger charge is -2.06. The molecule has 2 aromatic rings. The molecule has 1 N–H and O–H groups in total. The van der Waals surface area contributed by atoms with Crippen LogP contribution in [-0.4, -0.2) is 20.5 Å². The molecule has 0 aliphatic carbocycles. The summed E-state index contributed by atoms with van der Waals surface area (Å²) in [7, 11) is 0. The van der Waals surface area contributed by atoms with Crippen LogP contribution in [0.5, 0.6) is 0 Å². The second kappa shape index (κ2) is 5.19. The predicted octanol–water partition coefficient (Wildman–Crippen LogP) is 2.58. The lowest BCUT2D eigenvalue weighted by Crippen LogP contribution is -2.15. The fraction of sp³-hybridized carbons (Fsp3) is 0. The van der Waals surface area contributed by atoms with E-state index in [0.717, 1.165) is 11.5 Å². The number of hydrogen-bond donors (Lipinski definition) is 1. The SMILES string of the molecule is O=C(Nc1cnns1)c1c(I)cnc(Cl)c1F. The van der Waals surface area contributed by atoms with Crippen molar-refractivity contribution in [2.24, 2.45) is 0 Å². The second-order valence-electron chi connectivity index (χ2n) is 2.82. The van der Waals surface area contributed by atoms with Crippen molar-refractivity contribution >= 4 is 56.6 Å². The van der Waals surface area contributed by atoms with E-state index in [-0.39, 0.29) is 10.7 Å². The van der Waals surface area contributed by atoms with Crippen LogP contribution >= 0.6 is 45.7 Å². The van der Waals surface area contributed by atoms with Gasteiger partial charge in [0.2, 0.25) is 0 Å². The Bertz CT molecular complexity index is 565. The molecule has 0 aliphatic rings. The molecule has 0 radical (unpaired) electrons. The van der Waals surface area contributed by atoms with Crippen LogP contribution in [0.15, 0.2) is 12.4 Å². The Labute approximate surface area is 118 Å². The molecule has 9 heteroatoms. The molecule has 2 rings (SSSR count). The Morgan fingerprint density at radius 2 is 2.29 bits per heavy atom. The minimum Gasteiger partial charge on any atom is -0.311 e. The number of aromatic nitrogens is 3. The van der Waals surface area contributed by atoms with Gasteiger partial charge in [0.1, 0.15) is 5.00 Å². The topological polar surface area (TPSA) is 67.8 Å². The van der Waals surface area contributed by atoms with E-state index in [1.807, 2.05) is 22.6 Å². The number of halogens is 3. The summed E-state index contributed by atoms with van der Waals surface area (Å²) in [5.74, 6) is -1.45. The molecule has 0 aliphatic heterocycles. The van der Waals surface area contributed by atoms with Crippen LogP contribution in [0.3, 0.4) is 0 Å². The molecule has 5 nitrogen and oxygen atoms in total. The van der Waals surface area contributed by atoms with Crippen LogP contribution in [0, 0.1) is 9.39 Å². The highest BCUT2D eigenvalue weighted by atomic mass is 127. The number of nitrogens with zero attached hydrogens (tertiary/aromatic N) is 3. The van der Waals surface area contributed by atoms with Crippen molar-refractivity contribution in [3.63, 3.8) is 0 Å². The van der Waals surface area contributed by atoms with Gasteiger partial charge in [-0.3, -0.25) is 4.79 Å². The lowest BCUT2D eigenvalue weighted by atomic mass is 10.2.